The van der Waals surface area contributed by atoms with Crippen LogP contribution in [0.2, 0.25) is 10.0 Å². The minimum absolute atomic E-state index is 0.339. The lowest BCUT2D eigenvalue weighted by Gasteiger charge is -2.19. The van der Waals surface area contributed by atoms with Gasteiger partial charge in [0.25, 0.3) is 0 Å². The Morgan fingerprint density at radius 2 is 2.12 bits per heavy atom. The van der Waals surface area contributed by atoms with E-state index in [1.54, 1.807) is 11.1 Å². The predicted octanol–water partition coefficient (Wildman–Crippen LogP) is 0.913. The number of guanidine groups is 1. The number of nitrogens with one attached hydrogen (secondary N) is 1. The second-order valence-corrected chi connectivity index (χ2v) is 4.55. The second kappa shape index (κ2) is 5.10. The van der Waals surface area contributed by atoms with Crippen LogP contribution in [0, 0.1) is 0 Å². The van der Waals surface area contributed by atoms with Crippen LogP contribution in [0.4, 0.5) is 0 Å². The molecule has 17 heavy (non-hydrogen) atoms. The normalized spacial score (nSPS) is 20.2. The van der Waals surface area contributed by atoms with Crippen molar-refractivity contribution in [2.45, 2.75) is 12.7 Å². The second-order valence-electron chi connectivity index (χ2n) is 3.73. The molecular formula is C10H13Cl2N5. The fourth-order valence-electron chi connectivity index (χ4n) is 1.59. The highest BCUT2D eigenvalue weighted by atomic mass is 35.5. The zero-order chi connectivity index (χ0) is 12.4. The summed E-state index contributed by atoms with van der Waals surface area (Å²) in [6.07, 6.45) is 0.346. The highest BCUT2D eigenvalue weighted by molar-refractivity contribution is 6.42. The average Bonchev–Trinajstić information content (AvgIpc) is 2.59. The van der Waals surface area contributed by atoms with Gasteiger partial charge < -0.3 is 5.73 Å². The van der Waals surface area contributed by atoms with Gasteiger partial charge in [0.1, 0.15) is 0 Å². The van der Waals surface area contributed by atoms with Crippen LogP contribution in [0.3, 0.4) is 0 Å². The van der Waals surface area contributed by atoms with E-state index in [-0.39, 0.29) is 0 Å². The third-order valence-electron chi connectivity index (χ3n) is 2.47. The van der Waals surface area contributed by atoms with Crippen molar-refractivity contribution in [2.24, 2.45) is 16.5 Å². The van der Waals surface area contributed by atoms with Crippen LogP contribution >= 0.6 is 23.2 Å². The first-order valence-electron chi connectivity index (χ1n) is 5.12. The summed E-state index contributed by atoms with van der Waals surface area (Å²) in [4.78, 5) is 3.95. The molecule has 0 fully saturated rings. The molecule has 0 saturated heterocycles. The van der Waals surface area contributed by atoms with Gasteiger partial charge in [-0.1, -0.05) is 29.3 Å². The first-order chi connectivity index (χ1) is 8.06. The molecule has 0 radical (unpaired) electrons. The molecule has 7 heteroatoms. The SMILES string of the molecule is NC1=NC(N)N(CCc2ccc(Cl)c(Cl)c2)N1. The van der Waals surface area contributed by atoms with Gasteiger partial charge >= 0.3 is 0 Å². The molecule has 1 atom stereocenters. The maximum Gasteiger partial charge on any atom is 0.206 e. The molecule has 0 amide bonds. The molecule has 1 heterocycles. The number of halogens is 2. The van der Waals surface area contributed by atoms with Crippen LogP contribution in [0.25, 0.3) is 0 Å². The third-order valence-corrected chi connectivity index (χ3v) is 3.21. The average molecular weight is 274 g/mol. The standard InChI is InChI=1S/C10H13Cl2N5/c11-7-2-1-6(5-8(7)12)3-4-17-10(14)15-9(13)16-17/h1-2,5,10H,3-4,14H2,(H3,13,15,16). The molecule has 0 saturated carbocycles. The number of nitrogens with two attached hydrogens (primary N) is 2. The van der Waals surface area contributed by atoms with E-state index in [0.29, 0.717) is 22.5 Å². The first-order valence-corrected chi connectivity index (χ1v) is 5.88. The highest BCUT2D eigenvalue weighted by Crippen LogP contribution is 2.22. The van der Waals surface area contributed by atoms with Crippen LogP contribution < -0.4 is 16.9 Å². The molecule has 1 aromatic carbocycles. The Hall–Kier alpha value is -1.01. The smallest absolute Gasteiger partial charge is 0.206 e. The van der Waals surface area contributed by atoms with Gasteiger partial charge in [-0.25, -0.2) is 4.99 Å². The first kappa shape index (κ1) is 12.4. The Morgan fingerprint density at radius 1 is 1.35 bits per heavy atom. The number of aliphatic imine (C=N–C) groups is 1. The topological polar surface area (TPSA) is 79.7 Å². The van der Waals surface area contributed by atoms with Crippen LogP contribution in [0.15, 0.2) is 23.2 Å². The molecule has 0 spiro atoms. The maximum absolute atomic E-state index is 5.93. The van der Waals surface area contributed by atoms with E-state index in [0.717, 1.165) is 12.0 Å². The van der Waals surface area contributed by atoms with E-state index in [1.807, 2.05) is 12.1 Å². The third kappa shape index (κ3) is 3.01. The predicted molar refractivity (Wildman–Crippen MR) is 69.6 cm³/mol. The largest absolute Gasteiger partial charge is 0.369 e. The molecule has 5 N–H and O–H groups in total. The summed E-state index contributed by atoms with van der Waals surface area (Å²) < 4.78 is 0. The van der Waals surface area contributed by atoms with Crippen molar-refractivity contribution in [3.8, 4) is 0 Å². The van der Waals surface area contributed by atoms with Gasteiger partial charge in [0.15, 0.2) is 6.29 Å². The van der Waals surface area contributed by atoms with Crippen LogP contribution in [0.1, 0.15) is 5.56 Å². The van der Waals surface area contributed by atoms with E-state index in [2.05, 4.69) is 10.4 Å². The minimum atomic E-state index is -0.433. The number of hydrazine groups is 1. The number of nitrogens with zero attached hydrogens (tertiary/aromatic N) is 2. The molecule has 92 valence electrons. The molecule has 1 aromatic rings. The van der Waals surface area contributed by atoms with E-state index in [4.69, 9.17) is 34.7 Å². The van der Waals surface area contributed by atoms with Crippen LogP contribution in [-0.4, -0.2) is 23.8 Å². The monoisotopic (exact) mass is 273 g/mol. The number of benzene rings is 1. The summed E-state index contributed by atoms with van der Waals surface area (Å²) in [5.41, 5.74) is 15.2. The summed E-state index contributed by atoms with van der Waals surface area (Å²) >= 11 is 11.8. The van der Waals surface area contributed by atoms with Gasteiger partial charge in [0.05, 0.1) is 10.0 Å². The molecular weight excluding hydrogens is 261 g/mol. The summed E-state index contributed by atoms with van der Waals surface area (Å²) in [5.74, 6) is 0.339. The Balaban J connectivity index is 1.92. The summed E-state index contributed by atoms with van der Waals surface area (Å²) in [6.45, 7) is 0.684. The Bertz CT molecular complexity index is 448. The summed E-state index contributed by atoms with van der Waals surface area (Å²) in [6, 6.07) is 5.55. The molecule has 2 rings (SSSR count). The molecule has 5 nitrogen and oxygen atoms in total. The van der Waals surface area contributed by atoms with Gasteiger partial charge in [-0.15, -0.1) is 0 Å². The van der Waals surface area contributed by atoms with Crippen molar-refractivity contribution in [3.63, 3.8) is 0 Å². The van der Waals surface area contributed by atoms with E-state index < -0.39 is 6.29 Å². The van der Waals surface area contributed by atoms with Crippen molar-refractivity contribution in [2.75, 3.05) is 6.54 Å². The van der Waals surface area contributed by atoms with Gasteiger partial charge in [-0.2, -0.15) is 5.01 Å². The van der Waals surface area contributed by atoms with E-state index in [1.165, 1.54) is 0 Å². The molecule has 1 aliphatic rings. The Labute approximate surface area is 109 Å². The quantitative estimate of drug-likeness (QED) is 0.765. The lowest BCUT2D eigenvalue weighted by molar-refractivity contribution is 0.195. The van der Waals surface area contributed by atoms with Gasteiger partial charge in [0, 0.05) is 6.54 Å². The molecule has 0 aliphatic carbocycles. The Morgan fingerprint density at radius 3 is 2.71 bits per heavy atom. The van der Waals surface area contributed by atoms with Crippen molar-refractivity contribution >= 4 is 29.2 Å². The lowest BCUT2D eigenvalue weighted by Crippen LogP contribution is -2.47. The molecule has 1 unspecified atom stereocenters. The van der Waals surface area contributed by atoms with Crippen molar-refractivity contribution in [1.82, 2.24) is 10.4 Å². The minimum Gasteiger partial charge on any atom is -0.369 e. The Kier molecular flexibility index (Phi) is 3.73. The van der Waals surface area contributed by atoms with E-state index >= 15 is 0 Å². The number of rotatable bonds is 3. The molecule has 0 bridgehead atoms. The number of hydrogen-bond donors (Lipinski definition) is 3. The van der Waals surface area contributed by atoms with Crippen LogP contribution in [-0.2, 0) is 6.42 Å². The summed E-state index contributed by atoms with van der Waals surface area (Å²) in [5, 5.41) is 2.87. The summed E-state index contributed by atoms with van der Waals surface area (Å²) in [7, 11) is 0. The van der Waals surface area contributed by atoms with E-state index in [9.17, 15) is 0 Å². The fraction of sp³-hybridized carbons (Fsp3) is 0.300. The van der Waals surface area contributed by atoms with Crippen molar-refractivity contribution in [3.05, 3.63) is 33.8 Å². The zero-order valence-electron chi connectivity index (χ0n) is 9.03. The number of hydrogen-bond acceptors (Lipinski definition) is 5. The van der Waals surface area contributed by atoms with Crippen molar-refractivity contribution < 1.29 is 0 Å². The zero-order valence-corrected chi connectivity index (χ0v) is 10.5. The molecule has 0 aromatic heterocycles. The highest BCUT2D eigenvalue weighted by Gasteiger charge is 2.20. The van der Waals surface area contributed by atoms with Crippen LogP contribution in [0.5, 0.6) is 0 Å². The molecule has 1 aliphatic heterocycles. The fourth-order valence-corrected chi connectivity index (χ4v) is 1.91. The maximum atomic E-state index is 5.93. The lowest BCUT2D eigenvalue weighted by atomic mass is 10.1. The van der Waals surface area contributed by atoms with Gasteiger partial charge in [0.2, 0.25) is 5.96 Å². The van der Waals surface area contributed by atoms with Gasteiger partial charge in [-0.05, 0) is 24.1 Å². The van der Waals surface area contributed by atoms with Gasteiger partial charge in [-0.3, -0.25) is 11.2 Å². The van der Waals surface area contributed by atoms with Crippen molar-refractivity contribution in [1.29, 1.82) is 0 Å².